The third kappa shape index (κ3) is 4.46. The van der Waals surface area contributed by atoms with Crippen LogP contribution < -0.4 is 16.5 Å². The Bertz CT molecular complexity index is 890. The summed E-state index contributed by atoms with van der Waals surface area (Å²) < 4.78 is 0. The van der Waals surface area contributed by atoms with Gasteiger partial charge in [0, 0.05) is 43.7 Å². The maximum absolute atomic E-state index is 9.74. The standard InChI is InChI=1S/C23H28N6O/c24-17-19(20-8-4-5-12-26-20)21-9-13-27-22(28-21)29-14-10-23(30-25,11-15-29)16-18-6-2-1-3-7-18/h1-9,13,19,22,26,28H,10-12,14-16,25H2. The zero-order valence-corrected chi connectivity index (χ0v) is 17.0. The van der Waals surface area contributed by atoms with Crippen molar-refractivity contribution in [2.45, 2.75) is 31.2 Å². The molecule has 0 bridgehead atoms. The average Bonchev–Trinajstić information content (AvgIpc) is 2.82. The number of dihydropyridines is 1. The van der Waals surface area contributed by atoms with Gasteiger partial charge in [-0.1, -0.05) is 42.5 Å². The monoisotopic (exact) mass is 404 g/mol. The van der Waals surface area contributed by atoms with Gasteiger partial charge in [-0.15, -0.1) is 0 Å². The zero-order chi connectivity index (χ0) is 20.8. The Labute approximate surface area is 177 Å². The van der Waals surface area contributed by atoms with Crippen molar-refractivity contribution in [2.75, 3.05) is 19.6 Å². The summed E-state index contributed by atoms with van der Waals surface area (Å²) >= 11 is 0. The minimum absolute atomic E-state index is 0.187. The van der Waals surface area contributed by atoms with E-state index in [9.17, 15) is 5.26 Å². The molecule has 1 fully saturated rings. The number of likely N-dealkylation sites (tertiary alicyclic amines) is 1. The molecule has 30 heavy (non-hydrogen) atoms. The highest BCUT2D eigenvalue weighted by Crippen LogP contribution is 2.30. The number of piperidine rings is 1. The number of benzene rings is 1. The summed E-state index contributed by atoms with van der Waals surface area (Å²) in [4.78, 5) is 12.4. The van der Waals surface area contributed by atoms with Crippen LogP contribution in [0, 0.1) is 17.2 Å². The predicted octanol–water partition coefficient (Wildman–Crippen LogP) is 1.98. The lowest BCUT2D eigenvalue weighted by Gasteiger charge is -2.43. The van der Waals surface area contributed by atoms with Crippen molar-refractivity contribution in [1.82, 2.24) is 15.5 Å². The van der Waals surface area contributed by atoms with Crippen LogP contribution in [0.1, 0.15) is 18.4 Å². The fourth-order valence-electron chi connectivity index (χ4n) is 4.27. The molecule has 1 saturated heterocycles. The fourth-order valence-corrected chi connectivity index (χ4v) is 4.27. The molecular weight excluding hydrogens is 376 g/mol. The minimum Gasteiger partial charge on any atom is -0.383 e. The Morgan fingerprint density at radius 1 is 1.23 bits per heavy atom. The molecule has 7 nitrogen and oxygen atoms in total. The van der Waals surface area contributed by atoms with Gasteiger partial charge in [-0.2, -0.15) is 5.26 Å². The van der Waals surface area contributed by atoms with Gasteiger partial charge in [0.1, 0.15) is 5.92 Å². The highest BCUT2D eigenvalue weighted by molar-refractivity contribution is 5.73. The number of nitrogens with two attached hydrogens (primary N) is 1. The van der Waals surface area contributed by atoms with Crippen LogP contribution in [0.15, 0.2) is 71.0 Å². The van der Waals surface area contributed by atoms with Crippen molar-refractivity contribution < 1.29 is 4.84 Å². The molecule has 0 spiro atoms. The van der Waals surface area contributed by atoms with Crippen molar-refractivity contribution in [3.05, 3.63) is 71.6 Å². The first-order chi connectivity index (χ1) is 14.7. The molecule has 2 atom stereocenters. The molecule has 3 aliphatic heterocycles. The third-order valence-electron chi connectivity index (χ3n) is 6.04. The van der Waals surface area contributed by atoms with E-state index >= 15 is 0 Å². The molecule has 2 unspecified atom stereocenters. The van der Waals surface area contributed by atoms with Crippen molar-refractivity contribution >= 4 is 6.21 Å². The average molecular weight is 405 g/mol. The van der Waals surface area contributed by atoms with Crippen LogP contribution in [0.4, 0.5) is 0 Å². The lowest BCUT2D eigenvalue weighted by atomic mass is 9.85. The van der Waals surface area contributed by atoms with Crippen molar-refractivity contribution in [3.8, 4) is 6.07 Å². The van der Waals surface area contributed by atoms with E-state index < -0.39 is 0 Å². The molecule has 4 N–H and O–H groups in total. The second kappa shape index (κ2) is 9.26. The van der Waals surface area contributed by atoms with Gasteiger partial charge in [0.25, 0.3) is 0 Å². The number of allylic oxidation sites excluding steroid dienone is 3. The molecular formula is C23H28N6O. The first-order valence-corrected chi connectivity index (χ1v) is 10.4. The molecule has 0 aromatic heterocycles. The van der Waals surface area contributed by atoms with E-state index in [0.29, 0.717) is 0 Å². The van der Waals surface area contributed by atoms with Gasteiger partial charge in [-0.05, 0) is 30.6 Å². The predicted molar refractivity (Wildman–Crippen MR) is 117 cm³/mol. The number of hydrogen-bond acceptors (Lipinski definition) is 7. The Hall–Kier alpha value is -2.92. The summed E-state index contributed by atoms with van der Waals surface area (Å²) in [5.41, 5.74) is 2.65. The number of nitrogens with zero attached hydrogens (tertiary/aromatic N) is 3. The summed E-state index contributed by atoms with van der Waals surface area (Å²) in [6, 6.07) is 12.7. The summed E-state index contributed by atoms with van der Waals surface area (Å²) in [7, 11) is 0. The number of nitrogens with one attached hydrogen (secondary N) is 2. The number of rotatable bonds is 6. The normalized spacial score (nSPS) is 24.1. The van der Waals surface area contributed by atoms with Crippen molar-refractivity contribution in [1.29, 1.82) is 5.26 Å². The Morgan fingerprint density at radius 2 is 2.03 bits per heavy atom. The van der Waals surface area contributed by atoms with Crippen LogP contribution in [0.2, 0.25) is 0 Å². The van der Waals surface area contributed by atoms with Gasteiger partial charge >= 0.3 is 0 Å². The Balaban J connectivity index is 1.39. The van der Waals surface area contributed by atoms with E-state index in [2.05, 4.69) is 38.7 Å². The van der Waals surface area contributed by atoms with Crippen LogP contribution in [0.25, 0.3) is 0 Å². The van der Waals surface area contributed by atoms with Crippen LogP contribution in [0.3, 0.4) is 0 Å². The molecule has 156 valence electrons. The third-order valence-corrected chi connectivity index (χ3v) is 6.04. The fraction of sp³-hybridized carbons (Fsp3) is 0.391. The number of nitriles is 1. The van der Waals surface area contributed by atoms with E-state index in [1.807, 2.05) is 42.5 Å². The SMILES string of the molecule is N#CC(C1=CC=CCN1)C1=CC=NC(N2CCC(Cc3ccccc3)(ON)CC2)N1. The first-order valence-electron chi connectivity index (χ1n) is 10.4. The summed E-state index contributed by atoms with van der Waals surface area (Å²) in [5.74, 6) is 5.38. The quantitative estimate of drug-likeness (QED) is 0.627. The van der Waals surface area contributed by atoms with Gasteiger partial charge < -0.3 is 10.6 Å². The van der Waals surface area contributed by atoms with Crippen molar-refractivity contribution in [2.24, 2.45) is 16.8 Å². The number of aliphatic imine (C=N–C) groups is 1. The largest absolute Gasteiger partial charge is 0.383 e. The summed E-state index contributed by atoms with van der Waals surface area (Å²) in [6.45, 7) is 2.37. The Morgan fingerprint density at radius 3 is 2.70 bits per heavy atom. The maximum atomic E-state index is 9.74. The molecule has 1 aromatic carbocycles. The van der Waals surface area contributed by atoms with E-state index in [1.54, 1.807) is 6.21 Å². The highest BCUT2D eigenvalue weighted by Gasteiger charge is 2.38. The lowest BCUT2D eigenvalue weighted by Crippen LogP contribution is -2.55. The lowest BCUT2D eigenvalue weighted by molar-refractivity contribution is -0.0921. The second-order valence-electron chi connectivity index (χ2n) is 7.93. The van der Waals surface area contributed by atoms with Gasteiger partial charge in [0.15, 0.2) is 6.29 Å². The van der Waals surface area contributed by atoms with Crippen LogP contribution in [-0.4, -0.2) is 42.6 Å². The second-order valence-corrected chi connectivity index (χ2v) is 7.93. The van der Waals surface area contributed by atoms with E-state index in [1.165, 1.54) is 5.56 Å². The molecule has 7 heteroatoms. The van der Waals surface area contributed by atoms with Crippen LogP contribution >= 0.6 is 0 Å². The van der Waals surface area contributed by atoms with Gasteiger partial charge in [0.2, 0.25) is 0 Å². The van der Waals surface area contributed by atoms with E-state index in [4.69, 9.17) is 10.7 Å². The topological polar surface area (TPSA) is 98.7 Å². The Kier molecular flexibility index (Phi) is 6.29. The van der Waals surface area contributed by atoms with Gasteiger partial charge in [-0.25, -0.2) is 5.90 Å². The first kappa shape index (κ1) is 20.4. The smallest absolute Gasteiger partial charge is 0.176 e. The van der Waals surface area contributed by atoms with Gasteiger partial charge in [0.05, 0.1) is 11.7 Å². The molecule has 0 amide bonds. The molecule has 3 heterocycles. The van der Waals surface area contributed by atoms with Gasteiger partial charge in [-0.3, -0.25) is 14.7 Å². The van der Waals surface area contributed by atoms with Crippen LogP contribution in [0.5, 0.6) is 0 Å². The van der Waals surface area contributed by atoms with E-state index in [0.717, 1.165) is 50.3 Å². The number of hydrogen-bond donors (Lipinski definition) is 3. The molecule has 0 aliphatic carbocycles. The molecule has 4 rings (SSSR count). The highest BCUT2D eigenvalue weighted by atomic mass is 16.6. The zero-order valence-electron chi connectivity index (χ0n) is 17.0. The molecule has 1 aromatic rings. The van der Waals surface area contributed by atoms with E-state index in [-0.39, 0.29) is 17.8 Å². The summed E-state index contributed by atoms with van der Waals surface area (Å²) in [5, 5.41) is 16.5. The van der Waals surface area contributed by atoms with Crippen LogP contribution in [-0.2, 0) is 11.3 Å². The maximum Gasteiger partial charge on any atom is 0.176 e. The molecule has 0 saturated carbocycles. The van der Waals surface area contributed by atoms with Crippen molar-refractivity contribution in [3.63, 3.8) is 0 Å². The molecule has 0 radical (unpaired) electrons. The molecule has 3 aliphatic rings. The minimum atomic E-state index is -0.362. The summed E-state index contributed by atoms with van der Waals surface area (Å²) in [6.07, 6.45) is 11.9.